The molecule has 0 aliphatic carbocycles. The van der Waals surface area contributed by atoms with Crippen molar-refractivity contribution in [1.29, 1.82) is 0 Å². The van der Waals surface area contributed by atoms with Crippen LogP contribution in [0.4, 0.5) is 0 Å². The van der Waals surface area contributed by atoms with Gasteiger partial charge in [0, 0.05) is 24.0 Å². The standard InChI is InChI=1S/C22H20N2O2/c25-22(19-11-5-2-6-12-19)26-24-16-14-20(21-13-7-8-15-23-21)17-18-9-3-1-4-10-18/h1-13,15-16,20H,14,17H2. The van der Waals surface area contributed by atoms with E-state index in [0.29, 0.717) is 12.0 Å². The summed E-state index contributed by atoms with van der Waals surface area (Å²) in [6, 6.07) is 25.0. The predicted molar refractivity (Wildman–Crippen MR) is 102 cm³/mol. The Labute approximate surface area is 153 Å². The molecular formula is C22H20N2O2. The zero-order valence-electron chi connectivity index (χ0n) is 14.4. The predicted octanol–water partition coefficient (Wildman–Crippen LogP) is 4.64. The topological polar surface area (TPSA) is 51.5 Å². The quantitative estimate of drug-likeness (QED) is 0.356. The number of carbonyl (C=O) groups is 1. The van der Waals surface area contributed by atoms with Gasteiger partial charge in [-0.15, -0.1) is 0 Å². The third-order valence-corrected chi connectivity index (χ3v) is 4.04. The van der Waals surface area contributed by atoms with Crippen molar-refractivity contribution in [2.45, 2.75) is 18.8 Å². The van der Waals surface area contributed by atoms with Crippen LogP contribution in [0.5, 0.6) is 0 Å². The molecule has 0 aliphatic heterocycles. The summed E-state index contributed by atoms with van der Waals surface area (Å²) in [5.74, 6) is -0.294. The molecule has 0 spiro atoms. The van der Waals surface area contributed by atoms with E-state index in [0.717, 1.165) is 12.1 Å². The van der Waals surface area contributed by atoms with Crippen LogP contribution in [0.15, 0.2) is 90.2 Å². The maximum atomic E-state index is 11.9. The molecule has 1 atom stereocenters. The number of oxime groups is 1. The average molecular weight is 344 g/mol. The van der Waals surface area contributed by atoms with E-state index in [1.165, 1.54) is 5.56 Å². The fourth-order valence-electron chi connectivity index (χ4n) is 2.71. The fourth-order valence-corrected chi connectivity index (χ4v) is 2.71. The van der Waals surface area contributed by atoms with Crippen molar-refractivity contribution in [3.63, 3.8) is 0 Å². The minimum atomic E-state index is -0.459. The molecule has 3 rings (SSSR count). The highest BCUT2D eigenvalue weighted by Gasteiger charge is 2.13. The van der Waals surface area contributed by atoms with Crippen molar-refractivity contribution < 1.29 is 9.63 Å². The smallest absolute Gasteiger partial charge is 0.313 e. The average Bonchev–Trinajstić information content (AvgIpc) is 2.72. The van der Waals surface area contributed by atoms with E-state index in [2.05, 4.69) is 22.3 Å². The van der Waals surface area contributed by atoms with E-state index >= 15 is 0 Å². The largest absolute Gasteiger partial charge is 0.365 e. The maximum absolute atomic E-state index is 11.9. The van der Waals surface area contributed by atoms with Crippen molar-refractivity contribution in [2.75, 3.05) is 0 Å². The van der Waals surface area contributed by atoms with Gasteiger partial charge in [-0.1, -0.05) is 59.8 Å². The monoisotopic (exact) mass is 344 g/mol. The molecule has 130 valence electrons. The highest BCUT2D eigenvalue weighted by molar-refractivity contribution is 5.89. The van der Waals surface area contributed by atoms with Gasteiger partial charge in [0.25, 0.3) is 0 Å². The van der Waals surface area contributed by atoms with E-state index < -0.39 is 5.97 Å². The number of nitrogens with zero attached hydrogens (tertiary/aromatic N) is 2. The van der Waals surface area contributed by atoms with E-state index in [4.69, 9.17) is 4.84 Å². The third-order valence-electron chi connectivity index (χ3n) is 4.04. The van der Waals surface area contributed by atoms with Crippen molar-refractivity contribution in [3.8, 4) is 0 Å². The van der Waals surface area contributed by atoms with Gasteiger partial charge in [0.05, 0.1) is 5.56 Å². The molecule has 0 saturated heterocycles. The number of carbonyl (C=O) groups excluding carboxylic acids is 1. The van der Waals surface area contributed by atoms with E-state index in [1.807, 2.05) is 42.5 Å². The number of aromatic nitrogens is 1. The molecule has 26 heavy (non-hydrogen) atoms. The first-order valence-electron chi connectivity index (χ1n) is 8.56. The summed E-state index contributed by atoms with van der Waals surface area (Å²) in [7, 11) is 0. The second-order valence-electron chi connectivity index (χ2n) is 5.91. The highest BCUT2D eigenvalue weighted by Crippen LogP contribution is 2.21. The van der Waals surface area contributed by atoms with Crippen LogP contribution >= 0.6 is 0 Å². The lowest BCUT2D eigenvalue weighted by atomic mass is 9.93. The summed E-state index contributed by atoms with van der Waals surface area (Å²) >= 11 is 0. The van der Waals surface area contributed by atoms with Gasteiger partial charge in [0.15, 0.2) is 0 Å². The summed E-state index contributed by atoms with van der Waals surface area (Å²) in [6.45, 7) is 0. The van der Waals surface area contributed by atoms with Crippen LogP contribution in [0.1, 0.15) is 34.0 Å². The second-order valence-corrected chi connectivity index (χ2v) is 5.91. The zero-order chi connectivity index (χ0) is 18.0. The molecule has 2 aromatic carbocycles. The summed E-state index contributed by atoms with van der Waals surface area (Å²) in [6.07, 6.45) is 4.91. The van der Waals surface area contributed by atoms with Crippen LogP contribution in [-0.2, 0) is 11.3 Å². The zero-order valence-corrected chi connectivity index (χ0v) is 14.4. The molecule has 1 unspecified atom stereocenters. The summed E-state index contributed by atoms with van der Waals surface area (Å²) in [5.41, 5.74) is 2.71. The number of hydrogen-bond donors (Lipinski definition) is 0. The molecule has 0 fully saturated rings. The molecule has 0 aliphatic rings. The Morgan fingerprint density at radius 3 is 2.35 bits per heavy atom. The van der Waals surface area contributed by atoms with Gasteiger partial charge < -0.3 is 4.84 Å². The summed E-state index contributed by atoms with van der Waals surface area (Å²) < 4.78 is 0. The highest BCUT2D eigenvalue weighted by atomic mass is 16.7. The molecule has 1 heterocycles. The Balaban J connectivity index is 1.63. The van der Waals surface area contributed by atoms with Crippen molar-refractivity contribution in [3.05, 3.63) is 102 Å². The lowest BCUT2D eigenvalue weighted by Gasteiger charge is -2.14. The van der Waals surface area contributed by atoms with Crippen LogP contribution in [0, 0.1) is 0 Å². The molecule has 4 heteroatoms. The van der Waals surface area contributed by atoms with Crippen molar-refractivity contribution in [2.24, 2.45) is 5.16 Å². The van der Waals surface area contributed by atoms with Crippen LogP contribution in [-0.4, -0.2) is 17.2 Å². The van der Waals surface area contributed by atoms with Gasteiger partial charge in [-0.05, 0) is 42.7 Å². The van der Waals surface area contributed by atoms with Gasteiger partial charge in [-0.3, -0.25) is 4.98 Å². The molecule has 0 bridgehead atoms. The first-order valence-corrected chi connectivity index (χ1v) is 8.56. The van der Waals surface area contributed by atoms with Gasteiger partial charge >= 0.3 is 5.97 Å². The Morgan fingerprint density at radius 1 is 0.962 bits per heavy atom. The fraction of sp³-hybridized carbons (Fsp3) is 0.136. The molecule has 3 aromatic rings. The Morgan fingerprint density at radius 2 is 1.65 bits per heavy atom. The van der Waals surface area contributed by atoms with Crippen LogP contribution in [0.2, 0.25) is 0 Å². The van der Waals surface area contributed by atoms with Gasteiger partial charge in [0.1, 0.15) is 0 Å². The Kier molecular flexibility index (Phi) is 6.26. The molecular weight excluding hydrogens is 324 g/mol. The van der Waals surface area contributed by atoms with E-state index in [-0.39, 0.29) is 5.92 Å². The SMILES string of the molecule is O=C(ON=CCC(Cc1ccccc1)c1ccccn1)c1ccccc1. The number of pyridine rings is 1. The first kappa shape index (κ1) is 17.5. The van der Waals surface area contributed by atoms with Crippen LogP contribution in [0.3, 0.4) is 0 Å². The molecule has 4 nitrogen and oxygen atoms in total. The summed E-state index contributed by atoms with van der Waals surface area (Å²) in [5, 5.41) is 3.85. The molecule has 0 amide bonds. The van der Waals surface area contributed by atoms with Crippen molar-refractivity contribution >= 4 is 12.2 Å². The second kappa shape index (κ2) is 9.28. The molecule has 0 N–H and O–H groups in total. The van der Waals surface area contributed by atoms with Gasteiger partial charge in [0.2, 0.25) is 0 Å². The third kappa shape index (κ3) is 5.11. The lowest BCUT2D eigenvalue weighted by Crippen LogP contribution is -2.06. The molecule has 0 saturated carbocycles. The minimum Gasteiger partial charge on any atom is -0.313 e. The summed E-state index contributed by atoms with van der Waals surface area (Å²) in [4.78, 5) is 21.3. The van der Waals surface area contributed by atoms with Gasteiger partial charge in [-0.2, -0.15) is 0 Å². The number of rotatable bonds is 7. The van der Waals surface area contributed by atoms with Crippen molar-refractivity contribution in [1.82, 2.24) is 4.98 Å². The number of benzene rings is 2. The minimum absolute atomic E-state index is 0.165. The molecule has 0 radical (unpaired) electrons. The van der Waals surface area contributed by atoms with E-state index in [1.54, 1.807) is 36.7 Å². The Hall–Kier alpha value is -3.27. The van der Waals surface area contributed by atoms with Crippen LogP contribution < -0.4 is 0 Å². The number of hydrogen-bond acceptors (Lipinski definition) is 4. The first-order chi connectivity index (χ1) is 12.8. The van der Waals surface area contributed by atoms with Crippen LogP contribution in [0.25, 0.3) is 0 Å². The lowest BCUT2D eigenvalue weighted by molar-refractivity contribution is 0.0518. The van der Waals surface area contributed by atoms with Gasteiger partial charge in [-0.25, -0.2) is 4.79 Å². The molecule has 1 aromatic heterocycles. The maximum Gasteiger partial charge on any atom is 0.365 e. The normalized spacial score (nSPS) is 12.0. The Bertz CT molecular complexity index is 834. The van der Waals surface area contributed by atoms with E-state index in [9.17, 15) is 4.79 Å².